The molecule has 1 saturated carbocycles. The Balaban J connectivity index is 2.04. The first-order valence-corrected chi connectivity index (χ1v) is 6.11. The first-order chi connectivity index (χ1) is 7.16. The van der Waals surface area contributed by atoms with E-state index >= 15 is 0 Å². The van der Waals surface area contributed by atoms with E-state index in [4.69, 9.17) is 10.5 Å². The van der Waals surface area contributed by atoms with E-state index in [0.717, 1.165) is 26.1 Å². The van der Waals surface area contributed by atoms with Gasteiger partial charge in [-0.05, 0) is 24.7 Å². The Labute approximate surface area is 93.8 Å². The lowest BCUT2D eigenvalue weighted by Gasteiger charge is -2.24. The van der Waals surface area contributed by atoms with E-state index in [-0.39, 0.29) is 6.04 Å². The lowest BCUT2D eigenvalue weighted by Crippen LogP contribution is -2.39. The van der Waals surface area contributed by atoms with Crippen molar-refractivity contribution in [2.45, 2.75) is 45.1 Å². The van der Waals surface area contributed by atoms with Crippen LogP contribution in [-0.4, -0.2) is 32.8 Å². The van der Waals surface area contributed by atoms with Gasteiger partial charge in [-0.3, -0.25) is 0 Å². The summed E-state index contributed by atoms with van der Waals surface area (Å²) in [5.74, 6) is 0. The highest BCUT2D eigenvalue weighted by Crippen LogP contribution is 2.36. The molecule has 0 aliphatic heterocycles. The summed E-state index contributed by atoms with van der Waals surface area (Å²) in [5, 5.41) is 3.50. The summed E-state index contributed by atoms with van der Waals surface area (Å²) in [6, 6.07) is 0.231. The van der Waals surface area contributed by atoms with Gasteiger partial charge in [0.2, 0.25) is 0 Å². The lowest BCUT2D eigenvalue weighted by molar-refractivity contribution is 0.186. The number of hydrogen-bond acceptors (Lipinski definition) is 3. The van der Waals surface area contributed by atoms with E-state index in [1.165, 1.54) is 25.7 Å². The summed E-state index contributed by atoms with van der Waals surface area (Å²) in [6.07, 6.45) is 6.47. The van der Waals surface area contributed by atoms with E-state index in [0.29, 0.717) is 5.41 Å². The van der Waals surface area contributed by atoms with Crippen LogP contribution < -0.4 is 11.1 Å². The van der Waals surface area contributed by atoms with E-state index < -0.39 is 0 Å². The second kappa shape index (κ2) is 6.46. The molecule has 1 aliphatic carbocycles. The predicted octanol–water partition coefficient (Wildman–Crippen LogP) is 1.52. The number of ether oxygens (including phenoxy) is 1. The second-order valence-corrected chi connectivity index (χ2v) is 5.19. The van der Waals surface area contributed by atoms with Gasteiger partial charge in [0.15, 0.2) is 0 Å². The Morgan fingerprint density at radius 2 is 2.07 bits per heavy atom. The third kappa shape index (κ3) is 4.96. The molecule has 90 valence electrons. The minimum absolute atomic E-state index is 0.231. The average Bonchev–Trinajstić information content (AvgIpc) is 2.62. The molecule has 0 saturated heterocycles. The molecule has 3 heteroatoms. The standard InChI is InChI=1S/C12H26N2O/c1-12(6-3-4-7-12)10-14-9-11(13)5-8-15-2/h11,14H,3-10,13H2,1-2H3. The first-order valence-electron chi connectivity index (χ1n) is 6.11. The van der Waals surface area contributed by atoms with Gasteiger partial charge in [0, 0.05) is 32.8 Å². The van der Waals surface area contributed by atoms with Crippen LogP contribution in [0.15, 0.2) is 0 Å². The molecular weight excluding hydrogens is 188 g/mol. The molecule has 1 aliphatic rings. The molecular formula is C12H26N2O. The van der Waals surface area contributed by atoms with E-state index in [1.54, 1.807) is 7.11 Å². The summed E-state index contributed by atoms with van der Waals surface area (Å²) in [6.45, 7) is 5.18. The van der Waals surface area contributed by atoms with E-state index in [1.807, 2.05) is 0 Å². The van der Waals surface area contributed by atoms with Crippen LogP contribution in [-0.2, 0) is 4.74 Å². The maximum Gasteiger partial charge on any atom is 0.0477 e. The molecule has 1 rings (SSSR count). The van der Waals surface area contributed by atoms with Gasteiger partial charge >= 0.3 is 0 Å². The van der Waals surface area contributed by atoms with Gasteiger partial charge in [0.1, 0.15) is 0 Å². The SMILES string of the molecule is COCCC(N)CNCC1(C)CCCC1. The number of rotatable bonds is 7. The van der Waals surface area contributed by atoms with Gasteiger partial charge in [0.05, 0.1) is 0 Å². The van der Waals surface area contributed by atoms with Crippen LogP contribution in [0.4, 0.5) is 0 Å². The van der Waals surface area contributed by atoms with Gasteiger partial charge in [0.25, 0.3) is 0 Å². The fourth-order valence-corrected chi connectivity index (χ4v) is 2.34. The number of nitrogens with two attached hydrogens (primary N) is 1. The highest BCUT2D eigenvalue weighted by Gasteiger charge is 2.27. The molecule has 15 heavy (non-hydrogen) atoms. The minimum Gasteiger partial charge on any atom is -0.385 e. The predicted molar refractivity (Wildman–Crippen MR) is 63.9 cm³/mol. The topological polar surface area (TPSA) is 47.3 Å². The Hall–Kier alpha value is -0.120. The summed E-state index contributed by atoms with van der Waals surface area (Å²) >= 11 is 0. The van der Waals surface area contributed by atoms with Crippen LogP contribution in [0.1, 0.15) is 39.0 Å². The fourth-order valence-electron chi connectivity index (χ4n) is 2.34. The zero-order chi connectivity index (χ0) is 11.1. The van der Waals surface area contributed by atoms with E-state index in [9.17, 15) is 0 Å². The van der Waals surface area contributed by atoms with Crippen molar-refractivity contribution in [1.29, 1.82) is 0 Å². The van der Waals surface area contributed by atoms with Crippen LogP contribution in [0.2, 0.25) is 0 Å². The van der Waals surface area contributed by atoms with Crippen LogP contribution in [0.25, 0.3) is 0 Å². The van der Waals surface area contributed by atoms with E-state index in [2.05, 4.69) is 12.2 Å². The maximum absolute atomic E-state index is 5.95. The largest absolute Gasteiger partial charge is 0.385 e. The average molecular weight is 214 g/mol. The zero-order valence-electron chi connectivity index (χ0n) is 10.2. The maximum atomic E-state index is 5.95. The quantitative estimate of drug-likeness (QED) is 0.675. The number of hydrogen-bond donors (Lipinski definition) is 2. The molecule has 3 N–H and O–H groups in total. The smallest absolute Gasteiger partial charge is 0.0477 e. The molecule has 0 aromatic rings. The molecule has 0 spiro atoms. The fraction of sp³-hybridized carbons (Fsp3) is 1.00. The Morgan fingerprint density at radius 3 is 2.67 bits per heavy atom. The summed E-state index contributed by atoms with van der Waals surface area (Å²) in [4.78, 5) is 0. The van der Waals surface area contributed by atoms with Crippen molar-refractivity contribution in [2.24, 2.45) is 11.1 Å². The monoisotopic (exact) mass is 214 g/mol. The minimum atomic E-state index is 0.231. The number of nitrogens with one attached hydrogen (secondary N) is 1. The molecule has 0 radical (unpaired) electrons. The van der Waals surface area contributed by atoms with Gasteiger partial charge in [-0.1, -0.05) is 19.8 Å². The third-order valence-electron chi connectivity index (χ3n) is 3.46. The molecule has 0 heterocycles. The Morgan fingerprint density at radius 1 is 1.40 bits per heavy atom. The molecule has 1 fully saturated rings. The van der Waals surface area contributed by atoms with Crippen molar-refractivity contribution in [3.63, 3.8) is 0 Å². The van der Waals surface area contributed by atoms with Crippen molar-refractivity contribution in [3.8, 4) is 0 Å². The Kier molecular flexibility index (Phi) is 5.58. The van der Waals surface area contributed by atoms with Crippen molar-refractivity contribution in [1.82, 2.24) is 5.32 Å². The van der Waals surface area contributed by atoms with Crippen molar-refractivity contribution in [3.05, 3.63) is 0 Å². The zero-order valence-corrected chi connectivity index (χ0v) is 10.2. The van der Waals surface area contributed by atoms with Gasteiger partial charge in [-0.25, -0.2) is 0 Å². The summed E-state index contributed by atoms with van der Waals surface area (Å²) in [7, 11) is 1.72. The van der Waals surface area contributed by atoms with Crippen molar-refractivity contribution >= 4 is 0 Å². The highest BCUT2D eigenvalue weighted by atomic mass is 16.5. The Bertz CT molecular complexity index is 167. The second-order valence-electron chi connectivity index (χ2n) is 5.19. The molecule has 0 aromatic carbocycles. The third-order valence-corrected chi connectivity index (χ3v) is 3.46. The summed E-state index contributed by atoms with van der Waals surface area (Å²) in [5.41, 5.74) is 6.47. The van der Waals surface area contributed by atoms with Gasteiger partial charge in [-0.2, -0.15) is 0 Å². The molecule has 0 bridgehead atoms. The molecule has 1 atom stereocenters. The normalized spacial score (nSPS) is 21.8. The summed E-state index contributed by atoms with van der Waals surface area (Å²) < 4.78 is 5.00. The first kappa shape index (κ1) is 12.9. The van der Waals surface area contributed by atoms with Crippen LogP contribution in [0.5, 0.6) is 0 Å². The van der Waals surface area contributed by atoms with Gasteiger partial charge < -0.3 is 15.8 Å². The van der Waals surface area contributed by atoms with Crippen LogP contribution in [0.3, 0.4) is 0 Å². The highest BCUT2D eigenvalue weighted by molar-refractivity contribution is 4.82. The molecule has 3 nitrogen and oxygen atoms in total. The molecule has 0 aromatic heterocycles. The van der Waals surface area contributed by atoms with Crippen LogP contribution in [0, 0.1) is 5.41 Å². The molecule has 0 amide bonds. The number of methoxy groups -OCH3 is 1. The molecule has 1 unspecified atom stereocenters. The van der Waals surface area contributed by atoms with Crippen LogP contribution >= 0.6 is 0 Å². The van der Waals surface area contributed by atoms with Gasteiger partial charge in [-0.15, -0.1) is 0 Å². The van der Waals surface area contributed by atoms with Crippen molar-refractivity contribution < 1.29 is 4.74 Å². The van der Waals surface area contributed by atoms with Crippen molar-refractivity contribution in [2.75, 3.05) is 26.8 Å². The lowest BCUT2D eigenvalue weighted by atomic mass is 9.89.